The van der Waals surface area contributed by atoms with Crippen LogP contribution in [-0.4, -0.2) is 128 Å². The van der Waals surface area contributed by atoms with Gasteiger partial charge in [-0.2, -0.15) is 0 Å². The summed E-state index contributed by atoms with van der Waals surface area (Å²) in [5, 5.41) is 0. The zero-order valence-electron chi connectivity index (χ0n) is 35.0. The fraction of sp³-hybridized carbons (Fsp3) is 0.925. The van der Waals surface area contributed by atoms with Gasteiger partial charge >= 0.3 is 18.1 Å². The van der Waals surface area contributed by atoms with E-state index in [-0.39, 0.29) is 30.1 Å². The molecule has 5 aliphatic rings. The predicted molar refractivity (Wildman–Crippen MR) is 195 cm³/mol. The van der Waals surface area contributed by atoms with E-state index in [1.165, 1.54) is 6.92 Å². The number of hydrogen-bond donors (Lipinski definition) is 0. The second-order valence-electron chi connectivity index (χ2n) is 17.7. The number of nitrogens with zero attached hydrogens (tertiary/aromatic N) is 1. The Kier molecular flexibility index (Phi) is 13.1. The molecule has 5 fully saturated rings. The minimum atomic E-state index is -1.28. The van der Waals surface area contributed by atoms with Crippen molar-refractivity contribution in [3.8, 4) is 0 Å². The van der Waals surface area contributed by atoms with Gasteiger partial charge in [0, 0.05) is 38.7 Å². The normalized spacial score (nSPS) is 48.8. The standard InChI is InChI=1S/C40H67NO13/c1-15-28-40(11)34(52-37(44)54-40)23(5)30-20(2)17-39(10,53-30)33(51-36-32(48-26(8)42)27(41(12)13)16-21(3)47-36)24(6)31(25(7)35(43)49-28)50-29-19-38(9,45-14)18-22(4)46-29/h20-25,27-34,36H,15-19H2,1-14H3/t20-,21-,22+,23-,24+,25-,27+,28+,29+,30-,31+,32-,33-,34-,36+,38+,39-,40-/m1/s1. The molecular formula is C40H67NO13. The van der Waals surface area contributed by atoms with Crippen LogP contribution in [-0.2, 0) is 57.0 Å². The van der Waals surface area contributed by atoms with E-state index in [0.29, 0.717) is 32.1 Å². The van der Waals surface area contributed by atoms with Crippen LogP contribution >= 0.6 is 0 Å². The first kappa shape index (κ1) is 43.1. The van der Waals surface area contributed by atoms with Gasteiger partial charge in [0.2, 0.25) is 0 Å². The molecule has 0 aromatic heterocycles. The Bertz CT molecular complexity index is 1350. The second-order valence-corrected chi connectivity index (χ2v) is 17.7. The number of carbonyl (C=O) groups is 3. The third kappa shape index (κ3) is 8.60. The molecule has 5 heterocycles. The van der Waals surface area contributed by atoms with Crippen LogP contribution in [0.4, 0.5) is 4.79 Å². The Morgan fingerprint density at radius 2 is 1.57 bits per heavy atom. The number of esters is 2. The fourth-order valence-electron chi connectivity index (χ4n) is 10.2. The highest BCUT2D eigenvalue weighted by atomic mass is 16.8. The first-order valence-electron chi connectivity index (χ1n) is 19.9. The Morgan fingerprint density at radius 3 is 2.19 bits per heavy atom. The number of likely N-dealkylation sites (N-methyl/N-ethyl adjacent to an activating group) is 1. The van der Waals surface area contributed by atoms with Crippen molar-refractivity contribution < 1.29 is 61.8 Å². The number of fused-ring (bicyclic) bond motifs is 3. The van der Waals surface area contributed by atoms with Crippen LogP contribution in [0.3, 0.4) is 0 Å². The third-order valence-corrected chi connectivity index (χ3v) is 12.8. The van der Waals surface area contributed by atoms with Gasteiger partial charge in [-0.3, -0.25) is 9.59 Å². The molecule has 0 aromatic carbocycles. The van der Waals surface area contributed by atoms with Crippen LogP contribution in [0.5, 0.6) is 0 Å². The number of rotatable bonds is 8. The van der Waals surface area contributed by atoms with Gasteiger partial charge in [-0.25, -0.2) is 4.79 Å². The fourth-order valence-corrected chi connectivity index (χ4v) is 10.2. The minimum absolute atomic E-state index is 0.0101. The van der Waals surface area contributed by atoms with Crippen LogP contribution in [0.1, 0.15) is 108 Å². The second kappa shape index (κ2) is 16.4. The van der Waals surface area contributed by atoms with Gasteiger partial charge in [0.15, 0.2) is 30.4 Å². The summed E-state index contributed by atoms with van der Waals surface area (Å²) in [5.41, 5.74) is -2.76. The van der Waals surface area contributed by atoms with Crippen LogP contribution < -0.4 is 0 Å². The minimum Gasteiger partial charge on any atom is -0.458 e. The van der Waals surface area contributed by atoms with E-state index in [2.05, 4.69) is 6.92 Å². The molecule has 14 nitrogen and oxygen atoms in total. The largest absolute Gasteiger partial charge is 0.509 e. The molecular weight excluding hydrogens is 702 g/mol. The average molecular weight is 770 g/mol. The first-order valence-corrected chi connectivity index (χ1v) is 19.9. The lowest BCUT2D eigenvalue weighted by molar-refractivity contribution is -0.313. The molecule has 0 spiro atoms. The molecule has 0 saturated carbocycles. The molecule has 0 amide bonds. The van der Waals surface area contributed by atoms with Gasteiger partial charge in [-0.15, -0.1) is 0 Å². The van der Waals surface area contributed by atoms with Crippen molar-refractivity contribution >= 4 is 18.1 Å². The molecule has 14 heteroatoms. The van der Waals surface area contributed by atoms with Crippen LogP contribution in [0.2, 0.25) is 0 Å². The van der Waals surface area contributed by atoms with Crippen molar-refractivity contribution in [3.63, 3.8) is 0 Å². The summed E-state index contributed by atoms with van der Waals surface area (Å²) in [7, 11) is 5.57. The van der Waals surface area contributed by atoms with E-state index in [4.69, 9.17) is 47.4 Å². The number of ether oxygens (including phenoxy) is 10. The number of cyclic esters (lactones) is 1. The van der Waals surface area contributed by atoms with E-state index < -0.39 is 95.9 Å². The van der Waals surface area contributed by atoms with E-state index in [0.717, 1.165) is 0 Å². The van der Waals surface area contributed by atoms with Crippen molar-refractivity contribution in [1.29, 1.82) is 0 Å². The molecule has 310 valence electrons. The molecule has 0 radical (unpaired) electrons. The van der Waals surface area contributed by atoms with Gasteiger partial charge < -0.3 is 52.3 Å². The Balaban J connectivity index is 1.63. The number of hydrogen-bond acceptors (Lipinski definition) is 14. The van der Waals surface area contributed by atoms with E-state index >= 15 is 0 Å². The van der Waals surface area contributed by atoms with Crippen molar-refractivity contribution in [2.24, 2.45) is 23.7 Å². The van der Waals surface area contributed by atoms with Gasteiger partial charge in [0.1, 0.15) is 6.10 Å². The summed E-state index contributed by atoms with van der Waals surface area (Å²) in [6.07, 6.45) is -4.53. The smallest absolute Gasteiger partial charge is 0.458 e. The maximum absolute atomic E-state index is 14.4. The van der Waals surface area contributed by atoms with Crippen molar-refractivity contribution in [2.45, 2.75) is 193 Å². The highest BCUT2D eigenvalue weighted by Crippen LogP contribution is 2.50. The highest BCUT2D eigenvalue weighted by molar-refractivity contribution is 5.73. The first-order chi connectivity index (χ1) is 25.1. The maximum atomic E-state index is 14.4. The monoisotopic (exact) mass is 769 g/mol. The van der Waals surface area contributed by atoms with Gasteiger partial charge in [-0.1, -0.05) is 27.7 Å². The SMILES string of the molecule is CC[C@@H]1OC(=O)[C@H](C)[C@@H](O[C@H]2C[C@@](C)(OC)C[C@H](C)O2)[C@H](C)[C@@H](O[C@@H]2O[C@H](C)C[C@H](N(C)C)[C@H]2OC(C)=O)[C@@]2(C)C[C@@H](C)[C@@H](O2)[C@@H](C)[C@H]2OC(=O)O[C@]12C. The summed E-state index contributed by atoms with van der Waals surface area (Å²) in [4.78, 5) is 41.9. The lowest BCUT2D eigenvalue weighted by atomic mass is 9.76. The molecule has 2 bridgehead atoms. The summed E-state index contributed by atoms with van der Waals surface area (Å²) in [6, 6.07) is -0.192. The lowest BCUT2D eigenvalue weighted by Gasteiger charge is -2.48. The van der Waals surface area contributed by atoms with Gasteiger partial charge in [0.05, 0.1) is 53.7 Å². The van der Waals surface area contributed by atoms with Crippen LogP contribution in [0.25, 0.3) is 0 Å². The van der Waals surface area contributed by atoms with Crippen LogP contribution in [0.15, 0.2) is 0 Å². The quantitative estimate of drug-likeness (QED) is 0.229. The molecule has 5 rings (SSSR count). The highest BCUT2D eigenvalue weighted by Gasteiger charge is 2.62. The molecule has 0 aliphatic carbocycles. The third-order valence-electron chi connectivity index (χ3n) is 12.8. The molecule has 0 unspecified atom stereocenters. The molecule has 18 atom stereocenters. The Labute approximate surface area is 321 Å². The van der Waals surface area contributed by atoms with Crippen molar-refractivity contribution in [2.75, 3.05) is 21.2 Å². The van der Waals surface area contributed by atoms with Crippen LogP contribution in [0, 0.1) is 23.7 Å². The summed E-state index contributed by atoms with van der Waals surface area (Å²) >= 11 is 0. The topological polar surface area (TPSA) is 147 Å². The molecule has 5 aliphatic heterocycles. The predicted octanol–water partition coefficient (Wildman–Crippen LogP) is 5.41. The lowest BCUT2D eigenvalue weighted by Crippen LogP contribution is -2.60. The van der Waals surface area contributed by atoms with E-state index in [1.54, 1.807) is 21.0 Å². The molecule has 54 heavy (non-hydrogen) atoms. The van der Waals surface area contributed by atoms with Crippen molar-refractivity contribution in [1.82, 2.24) is 4.90 Å². The zero-order valence-corrected chi connectivity index (χ0v) is 35.0. The molecule has 0 N–H and O–H groups in total. The van der Waals surface area contributed by atoms with Gasteiger partial charge in [0.25, 0.3) is 0 Å². The maximum Gasteiger partial charge on any atom is 0.509 e. The molecule has 0 aromatic rings. The Hall–Kier alpha value is -2.07. The van der Waals surface area contributed by atoms with Gasteiger partial charge in [-0.05, 0) is 80.8 Å². The number of carbonyl (C=O) groups excluding carboxylic acids is 3. The summed E-state index contributed by atoms with van der Waals surface area (Å²) < 4.78 is 64.1. The summed E-state index contributed by atoms with van der Waals surface area (Å²) in [5.74, 6) is -2.72. The van der Waals surface area contributed by atoms with Crippen molar-refractivity contribution in [3.05, 3.63) is 0 Å². The molecule has 5 saturated heterocycles. The zero-order chi connectivity index (χ0) is 40.1. The average Bonchev–Trinajstić information content (AvgIpc) is 3.57. The van der Waals surface area contributed by atoms with E-state index in [9.17, 15) is 14.4 Å². The summed E-state index contributed by atoms with van der Waals surface area (Å²) in [6.45, 7) is 20.9. The Morgan fingerprint density at radius 1 is 0.889 bits per heavy atom. The number of methoxy groups -OCH3 is 1. The van der Waals surface area contributed by atoms with E-state index in [1.807, 2.05) is 67.5 Å².